The zero-order chi connectivity index (χ0) is 49.6. The van der Waals surface area contributed by atoms with Crippen LogP contribution in [0.25, 0.3) is 0 Å². The van der Waals surface area contributed by atoms with Crippen molar-refractivity contribution in [3.8, 4) is 17.6 Å². The van der Waals surface area contributed by atoms with Gasteiger partial charge in [-0.3, -0.25) is 14.9 Å². The summed E-state index contributed by atoms with van der Waals surface area (Å²) in [5.74, 6) is 0.579. The van der Waals surface area contributed by atoms with Crippen LogP contribution < -0.4 is 5.32 Å². The number of aryl methyl sites for hydroxylation is 1. The number of methoxy groups -OCH3 is 1. The Hall–Kier alpha value is -2.98. The zero-order valence-electron chi connectivity index (χ0n) is 41.4. The van der Waals surface area contributed by atoms with E-state index in [1.165, 1.54) is 6.92 Å². The summed E-state index contributed by atoms with van der Waals surface area (Å²) < 4.78 is 18.3. The van der Waals surface area contributed by atoms with E-state index >= 15 is 9.59 Å². The summed E-state index contributed by atoms with van der Waals surface area (Å²) in [5, 5.41) is 100. The number of fused-ring (bicyclic) bond motifs is 3. The Kier molecular flexibility index (Phi) is 12.0. The molecule has 18 atom stereocenters. The van der Waals surface area contributed by atoms with Crippen LogP contribution >= 0.6 is 0 Å². The van der Waals surface area contributed by atoms with E-state index < -0.39 is 99.3 Å². The van der Waals surface area contributed by atoms with Crippen LogP contribution in [-0.2, 0) is 30.2 Å². The molecule has 0 aromatic heterocycles. The number of benzene rings is 1. The Bertz CT molecular complexity index is 2380. The molecule has 7 fully saturated rings. The molecular formula is C55H76N2O13. The lowest BCUT2D eigenvalue weighted by Crippen LogP contribution is -2.71. The fraction of sp³-hybridized carbons (Fsp3) is 0.782. The van der Waals surface area contributed by atoms with E-state index in [2.05, 4.69) is 24.1 Å². The zero-order valence-corrected chi connectivity index (χ0v) is 41.4. The summed E-state index contributed by atoms with van der Waals surface area (Å²) in [6.07, 6.45) is 3.20. The second kappa shape index (κ2) is 17.0. The number of aliphatic hydroxyl groups excluding tert-OH is 3. The number of rotatable bonds is 10. The van der Waals surface area contributed by atoms with Gasteiger partial charge < -0.3 is 60.0 Å². The fourth-order valence-electron chi connectivity index (χ4n) is 17.8. The van der Waals surface area contributed by atoms with Crippen molar-refractivity contribution in [2.45, 2.75) is 177 Å². The second-order valence-electron chi connectivity index (χ2n) is 24.3. The third-order valence-corrected chi connectivity index (χ3v) is 21.4. The molecule has 10 aliphatic rings. The van der Waals surface area contributed by atoms with E-state index in [9.17, 15) is 40.9 Å². The second-order valence-corrected chi connectivity index (χ2v) is 24.3. The van der Waals surface area contributed by atoms with Crippen LogP contribution in [0.4, 0.5) is 0 Å². The lowest BCUT2D eigenvalue weighted by atomic mass is 9.37. The Morgan fingerprint density at radius 2 is 1.76 bits per heavy atom. The van der Waals surface area contributed by atoms with Crippen LogP contribution in [0.5, 0.6) is 5.75 Å². The van der Waals surface area contributed by atoms with Gasteiger partial charge in [-0.05, 0) is 148 Å². The molecule has 1 spiro atoms. The lowest BCUT2D eigenvalue weighted by Gasteiger charge is -2.67. The molecule has 6 aliphatic carbocycles. The topological polar surface area (TPSA) is 239 Å². The van der Waals surface area contributed by atoms with Gasteiger partial charge in [0.2, 0.25) is 11.7 Å². The first-order chi connectivity index (χ1) is 33.3. The van der Waals surface area contributed by atoms with Gasteiger partial charge in [0.1, 0.15) is 29.8 Å². The number of Topliss-reactive ketones (excluding diaryl/α,β-unsaturated/α-hetero) is 1. The lowest BCUT2D eigenvalue weighted by molar-refractivity contribution is -0.345. The van der Waals surface area contributed by atoms with Gasteiger partial charge in [-0.25, -0.2) is 0 Å². The van der Waals surface area contributed by atoms with Gasteiger partial charge in [-0.1, -0.05) is 25.8 Å². The van der Waals surface area contributed by atoms with Crippen molar-refractivity contribution in [2.24, 2.45) is 51.2 Å². The molecule has 11 rings (SSSR count). The number of hydrogen-bond acceptors (Lipinski definition) is 14. The molecule has 4 aliphatic heterocycles. The van der Waals surface area contributed by atoms with E-state index in [1.807, 2.05) is 13.0 Å². The van der Waals surface area contributed by atoms with Gasteiger partial charge in [-0.2, -0.15) is 0 Å². The first-order valence-electron chi connectivity index (χ1n) is 26.5. The molecule has 4 heterocycles. The summed E-state index contributed by atoms with van der Waals surface area (Å²) in [6.45, 7) is 6.44. The number of ketones is 1. The predicted octanol–water partition coefficient (Wildman–Crippen LogP) is 2.96. The van der Waals surface area contributed by atoms with E-state index in [1.54, 1.807) is 24.1 Å². The van der Waals surface area contributed by atoms with Crippen molar-refractivity contribution in [3.05, 3.63) is 40.5 Å². The van der Waals surface area contributed by atoms with Crippen molar-refractivity contribution in [1.82, 2.24) is 10.2 Å². The normalized spacial score (nSPS) is 47.5. The number of aromatic hydroxyl groups is 1. The number of nitrogens with one attached hydrogen (secondary N) is 1. The van der Waals surface area contributed by atoms with Crippen LogP contribution in [-0.4, -0.2) is 151 Å². The van der Waals surface area contributed by atoms with Gasteiger partial charge >= 0.3 is 0 Å². The maximum atomic E-state index is 15.3. The van der Waals surface area contributed by atoms with E-state index in [0.717, 1.165) is 17.5 Å². The van der Waals surface area contributed by atoms with Crippen LogP contribution in [0.3, 0.4) is 0 Å². The summed E-state index contributed by atoms with van der Waals surface area (Å²) in [6, 6.07) is 4.08. The van der Waals surface area contributed by atoms with Crippen LogP contribution in [0, 0.1) is 63.1 Å². The molecule has 384 valence electrons. The van der Waals surface area contributed by atoms with Gasteiger partial charge in [0.05, 0.1) is 29.2 Å². The number of carbonyl (C=O) groups is 2. The third kappa shape index (κ3) is 6.59. The Balaban J connectivity index is 1.04. The standard InChI is InChI=1S/C55H76N2O13/c1-49-17-15-35(69-23-7-22-68-4)26-39(49)42(61)37-12-10-32-25-40-50(2)19-20-53(49,44(37)54(32,50)65)16-5-9-33-28-57(33)48(63)45-52(18-14-31(27-52)36-13-11-34(60)24-30(36)8-6-21-58)41-38(29-59)46(55(66,67)51(40,3)64)70-43(41)47(62)56-45/h11,13,24,31-33,35,38-41,43,45-47,56,58-60,62,64-67H,6-10,12,14-15,17-23,25-29H2,1-4H3/t31-,32-,33-,35+,38-,39+,40+,41-,43+,45+,46+,47-,49+,50-,51+,52-,53+,54-,57?/m1/s1. The van der Waals surface area contributed by atoms with Crippen LogP contribution in [0.2, 0.25) is 0 Å². The highest BCUT2D eigenvalue weighted by Crippen LogP contribution is 2.77. The number of hydrogen-bond donors (Lipinski definition) is 9. The summed E-state index contributed by atoms with van der Waals surface area (Å²) in [7, 11) is 1.67. The van der Waals surface area contributed by atoms with Crippen LogP contribution in [0.15, 0.2) is 29.3 Å². The number of ether oxygens (including phenoxy) is 3. The number of amides is 1. The van der Waals surface area contributed by atoms with Crippen molar-refractivity contribution >= 4 is 11.7 Å². The molecule has 7 bridgehead atoms. The molecule has 3 saturated heterocycles. The molecule has 1 amide bonds. The van der Waals surface area contributed by atoms with Gasteiger partial charge in [0.15, 0.2) is 5.78 Å². The van der Waals surface area contributed by atoms with E-state index in [0.29, 0.717) is 114 Å². The monoisotopic (exact) mass is 973 g/mol. The number of nitrogens with zero attached hydrogens (tertiary/aromatic N) is 1. The highest BCUT2D eigenvalue weighted by atomic mass is 16.6. The largest absolute Gasteiger partial charge is 0.508 e. The highest BCUT2D eigenvalue weighted by Gasteiger charge is 2.80. The highest BCUT2D eigenvalue weighted by molar-refractivity contribution is 6.01. The minimum absolute atomic E-state index is 0.0246. The number of piperidine rings is 1. The average molecular weight is 973 g/mol. The number of aliphatic hydroxyl groups is 7. The van der Waals surface area contributed by atoms with Gasteiger partial charge in [0.25, 0.3) is 0 Å². The Labute approximate surface area is 411 Å². The maximum Gasteiger partial charge on any atom is 0.240 e. The van der Waals surface area contributed by atoms with Crippen molar-refractivity contribution in [1.29, 1.82) is 0 Å². The van der Waals surface area contributed by atoms with E-state index in [4.69, 9.17) is 14.2 Å². The van der Waals surface area contributed by atoms with Crippen LogP contribution in [0.1, 0.15) is 128 Å². The first-order valence-corrected chi connectivity index (χ1v) is 26.5. The maximum absolute atomic E-state index is 15.3. The average Bonchev–Trinajstić information content (AvgIpc) is 3.65. The molecule has 9 N–H and O–H groups in total. The SMILES string of the molecule is COCCCO[C@H]1CC[C@@]2(C)[C@@H](C1)C(=O)C1=C3[C@@]24C#CC[C@@H]2CN2C(=O)[C@@H]2N[C@H](O)[C@H]5O[C@@H]([C@H](CO)[C@H]5[C@]25CC[C@@H](c2ccc(O)cc2CCCO)C5)C(O)(O)[C@@](C)(O)[C@H]2C[C@@H](CC1)[C@]3(O)[C@]2(C)CC4. The Morgan fingerprint density at radius 1 is 0.957 bits per heavy atom. The number of phenols is 1. The molecule has 0 unspecified atom stereocenters. The number of allylic oxidation sites excluding steroid dienone is 1. The molecule has 70 heavy (non-hydrogen) atoms. The first kappa shape index (κ1) is 49.2. The molecule has 0 radical (unpaired) electrons. The van der Waals surface area contributed by atoms with Crippen molar-refractivity contribution in [3.63, 3.8) is 0 Å². The third-order valence-electron chi connectivity index (χ3n) is 21.4. The molecule has 15 heteroatoms. The predicted molar refractivity (Wildman–Crippen MR) is 253 cm³/mol. The minimum atomic E-state index is -3.05. The fourth-order valence-corrected chi connectivity index (χ4v) is 17.8. The summed E-state index contributed by atoms with van der Waals surface area (Å²) in [5.41, 5.74) is -4.62. The molecule has 1 aromatic rings. The molecule has 1 aromatic carbocycles. The molecule has 4 saturated carbocycles. The quantitative estimate of drug-likeness (QED) is 0.0710. The van der Waals surface area contributed by atoms with Gasteiger partial charge in [0, 0.05) is 81.0 Å². The molecule has 15 nitrogen and oxygen atoms in total. The number of phenolic OH excluding ortho intramolecular Hbond substituents is 1. The van der Waals surface area contributed by atoms with Gasteiger partial charge in [-0.15, -0.1) is 5.92 Å². The van der Waals surface area contributed by atoms with Crippen molar-refractivity contribution < 1.29 is 64.7 Å². The van der Waals surface area contributed by atoms with E-state index in [-0.39, 0.29) is 48.5 Å². The number of carbonyl (C=O) groups excluding carboxylic acids is 2. The molecular weight excluding hydrogens is 897 g/mol. The minimum Gasteiger partial charge on any atom is -0.508 e. The summed E-state index contributed by atoms with van der Waals surface area (Å²) >= 11 is 0. The van der Waals surface area contributed by atoms with Crippen molar-refractivity contribution in [2.75, 3.05) is 40.1 Å². The summed E-state index contributed by atoms with van der Waals surface area (Å²) in [4.78, 5) is 32.3. The Morgan fingerprint density at radius 3 is 2.51 bits per heavy atom. The smallest absolute Gasteiger partial charge is 0.240 e.